The molecule has 118 valence electrons. The van der Waals surface area contributed by atoms with E-state index in [0.717, 1.165) is 5.56 Å². The second kappa shape index (κ2) is 9.46. The van der Waals surface area contributed by atoms with E-state index in [9.17, 15) is 20.1 Å². The van der Waals surface area contributed by atoms with Gasteiger partial charge in [-0.15, -0.1) is 0 Å². The molecule has 1 rings (SSSR count). The highest BCUT2D eigenvalue weighted by Crippen LogP contribution is 2.07. The summed E-state index contributed by atoms with van der Waals surface area (Å²) in [5.74, 6) is -0.901. The fourth-order valence-electron chi connectivity index (χ4n) is 1.75. The lowest BCUT2D eigenvalue weighted by Crippen LogP contribution is -2.38. The van der Waals surface area contributed by atoms with Gasteiger partial charge in [0.15, 0.2) is 6.10 Å². The van der Waals surface area contributed by atoms with E-state index in [-0.39, 0.29) is 19.6 Å². The van der Waals surface area contributed by atoms with Crippen molar-refractivity contribution in [2.24, 2.45) is 0 Å². The minimum Gasteiger partial charge on any atom is -0.464 e. The van der Waals surface area contributed by atoms with Crippen molar-refractivity contribution in [2.75, 3.05) is 13.2 Å². The highest BCUT2D eigenvalue weighted by molar-refractivity contribution is 5.75. The summed E-state index contributed by atoms with van der Waals surface area (Å²) in [4.78, 5) is 11.2. The molecule has 0 saturated carbocycles. The van der Waals surface area contributed by atoms with Crippen LogP contribution in [-0.2, 0) is 20.9 Å². The van der Waals surface area contributed by atoms with Crippen molar-refractivity contribution in [3.8, 4) is 0 Å². The Balaban J connectivity index is 2.26. The number of hydrogen-bond donors (Lipinski definition) is 3. The van der Waals surface area contributed by atoms with Crippen LogP contribution >= 0.6 is 0 Å². The summed E-state index contributed by atoms with van der Waals surface area (Å²) in [6, 6.07) is 9.45. The van der Waals surface area contributed by atoms with Gasteiger partial charge in [0.2, 0.25) is 0 Å². The van der Waals surface area contributed by atoms with Crippen LogP contribution in [0.25, 0.3) is 0 Å². The molecule has 0 radical (unpaired) electrons. The van der Waals surface area contributed by atoms with Crippen LogP contribution < -0.4 is 0 Å². The van der Waals surface area contributed by atoms with E-state index in [0.29, 0.717) is 6.61 Å². The van der Waals surface area contributed by atoms with Gasteiger partial charge >= 0.3 is 5.97 Å². The number of rotatable bonds is 9. The summed E-state index contributed by atoms with van der Waals surface area (Å²) in [6.07, 6.45) is -4.20. The molecule has 0 aliphatic rings. The lowest BCUT2D eigenvalue weighted by atomic mass is 10.1. The zero-order chi connectivity index (χ0) is 15.7. The third-order valence-corrected chi connectivity index (χ3v) is 2.83. The van der Waals surface area contributed by atoms with Crippen LogP contribution in [-0.4, -0.2) is 52.8 Å². The summed E-state index contributed by atoms with van der Waals surface area (Å²) in [7, 11) is 0. The average Bonchev–Trinajstić information content (AvgIpc) is 2.47. The van der Waals surface area contributed by atoms with Crippen molar-refractivity contribution in [3.05, 3.63) is 35.9 Å². The van der Waals surface area contributed by atoms with Gasteiger partial charge in [0.05, 0.1) is 32.0 Å². The molecule has 0 aromatic heterocycles. The number of aliphatic hydroxyl groups excluding tert-OH is 3. The van der Waals surface area contributed by atoms with Crippen LogP contribution in [0.4, 0.5) is 0 Å². The minimum atomic E-state index is -1.66. The number of carbonyl (C=O) groups excluding carboxylic acids is 1. The van der Waals surface area contributed by atoms with Crippen LogP contribution in [0, 0.1) is 0 Å². The largest absolute Gasteiger partial charge is 0.464 e. The smallest absolute Gasteiger partial charge is 0.337 e. The van der Waals surface area contributed by atoms with E-state index >= 15 is 0 Å². The first-order valence-electron chi connectivity index (χ1n) is 6.87. The Morgan fingerprint density at radius 2 is 1.86 bits per heavy atom. The number of aliphatic hydroxyl groups is 3. The predicted molar refractivity (Wildman–Crippen MR) is 75.4 cm³/mol. The highest BCUT2D eigenvalue weighted by Gasteiger charge is 2.27. The van der Waals surface area contributed by atoms with E-state index in [1.807, 2.05) is 30.3 Å². The molecule has 0 aliphatic carbocycles. The molecule has 1 aromatic rings. The summed E-state index contributed by atoms with van der Waals surface area (Å²) in [6.45, 7) is 2.06. The van der Waals surface area contributed by atoms with Crippen LogP contribution in [0.1, 0.15) is 18.9 Å². The fourth-order valence-corrected chi connectivity index (χ4v) is 1.75. The molecule has 0 heterocycles. The Labute approximate surface area is 123 Å². The molecule has 6 heteroatoms. The fraction of sp³-hybridized carbons (Fsp3) is 0.533. The molecule has 0 bridgehead atoms. The average molecular weight is 298 g/mol. The summed E-state index contributed by atoms with van der Waals surface area (Å²) < 4.78 is 9.89. The van der Waals surface area contributed by atoms with Gasteiger partial charge in [-0.25, -0.2) is 4.79 Å². The van der Waals surface area contributed by atoms with Crippen molar-refractivity contribution >= 4 is 5.97 Å². The van der Waals surface area contributed by atoms with Gasteiger partial charge in [-0.05, 0) is 12.5 Å². The van der Waals surface area contributed by atoms with E-state index in [1.165, 1.54) is 0 Å². The second-order valence-electron chi connectivity index (χ2n) is 4.65. The van der Waals surface area contributed by atoms with Gasteiger partial charge in [-0.3, -0.25) is 0 Å². The number of benzene rings is 1. The Hall–Kier alpha value is -1.47. The maximum atomic E-state index is 11.2. The van der Waals surface area contributed by atoms with E-state index < -0.39 is 24.3 Å². The predicted octanol–water partition coefficient (Wildman–Crippen LogP) is 0.239. The van der Waals surface area contributed by atoms with Gasteiger partial charge < -0.3 is 24.8 Å². The van der Waals surface area contributed by atoms with Crippen LogP contribution in [0.15, 0.2) is 30.3 Å². The molecule has 3 atom stereocenters. The quantitative estimate of drug-likeness (QED) is 0.565. The Kier molecular flexibility index (Phi) is 7.92. The molecular formula is C15H22O6. The van der Waals surface area contributed by atoms with Crippen molar-refractivity contribution in [2.45, 2.75) is 38.3 Å². The lowest BCUT2D eigenvalue weighted by molar-refractivity contribution is -0.160. The first kappa shape index (κ1) is 17.6. The molecule has 0 amide bonds. The Morgan fingerprint density at radius 1 is 1.19 bits per heavy atom. The topological polar surface area (TPSA) is 96.2 Å². The monoisotopic (exact) mass is 298 g/mol. The first-order valence-corrected chi connectivity index (χ1v) is 6.87. The standard InChI is InChI=1S/C15H22O6/c1-2-21-15(19)14(18)13(17)8-12(16)10-20-9-11-6-4-3-5-7-11/h3-7,12-14,16-18H,2,8-10H2,1H3/t12-,13+,14-/m1/s1. The molecule has 0 fully saturated rings. The highest BCUT2D eigenvalue weighted by atomic mass is 16.5. The van der Waals surface area contributed by atoms with Crippen molar-refractivity contribution < 1.29 is 29.6 Å². The third-order valence-electron chi connectivity index (χ3n) is 2.83. The molecule has 0 unspecified atom stereocenters. The summed E-state index contributed by atoms with van der Waals surface area (Å²) >= 11 is 0. The van der Waals surface area contributed by atoms with E-state index in [2.05, 4.69) is 4.74 Å². The molecule has 1 aromatic carbocycles. The number of ether oxygens (including phenoxy) is 2. The van der Waals surface area contributed by atoms with E-state index in [1.54, 1.807) is 6.92 Å². The summed E-state index contributed by atoms with van der Waals surface area (Å²) in [5, 5.41) is 28.8. The number of hydrogen-bond acceptors (Lipinski definition) is 6. The Bertz CT molecular complexity index is 408. The minimum absolute atomic E-state index is 0.00149. The SMILES string of the molecule is CCOC(=O)[C@H](O)[C@@H](O)C[C@@H](O)COCc1ccccc1. The zero-order valence-electron chi connectivity index (χ0n) is 12.0. The molecular weight excluding hydrogens is 276 g/mol. The second-order valence-corrected chi connectivity index (χ2v) is 4.65. The molecule has 0 spiro atoms. The zero-order valence-corrected chi connectivity index (χ0v) is 12.0. The van der Waals surface area contributed by atoms with Gasteiger partial charge in [0.25, 0.3) is 0 Å². The maximum Gasteiger partial charge on any atom is 0.337 e. The first-order chi connectivity index (χ1) is 10.0. The van der Waals surface area contributed by atoms with Gasteiger partial charge in [0.1, 0.15) is 0 Å². The molecule has 21 heavy (non-hydrogen) atoms. The lowest BCUT2D eigenvalue weighted by Gasteiger charge is -2.19. The van der Waals surface area contributed by atoms with Gasteiger partial charge in [0, 0.05) is 6.42 Å². The maximum absolute atomic E-state index is 11.2. The van der Waals surface area contributed by atoms with Crippen molar-refractivity contribution in [1.29, 1.82) is 0 Å². The number of carbonyl (C=O) groups is 1. The van der Waals surface area contributed by atoms with Crippen molar-refractivity contribution in [1.82, 2.24) is 0 Å². The van der Waals surface area contributed by atoms with Crippen molar-refractivity contribution in [3.63, 3.8) is 0 Å². The molecule has 6 nitrogen and oxygen atoms in total. The van der Waals surface area contributed by atoms with Crippen LogP contribution in [0.2, 0.25) is 0 Å². The molecule has 0 saturated heterocycles. The van der Waals surface area contributed by atoms with Crippen LogP contribution in [0.3, 0.4) is 0 Å². The molecule has 0 aliphatic heterocycles. The third kappa shape index (κ3) is 6.68. The van der Waals surface area contributed by atoms with Crippen LogP contribution in [0.5, 0.6) is 0 Å². The normalized spacial score (nSPS) is 15.2. The summed E-state index contributed by atoms with van der Waals surface area (Å²) in [5.41, 5.74) is 0.969. The Morgan fingerprint density at radius 3 is 2.48 bits per heavy atom. The molecule has 3 N–H and O–H groups in total. The van der Waals surface area contributed by atoms with Gasteiger partial charge in [-0.1, -0.05) is 30.3 Å². The number of esters is 1. The van der Waals surface area contributed by atoms with Gasteiger partial charge in [-0.2, -0.15) is 0 Å². The van der Waals surface area contributed by atoms with E-state index in [4.69, 9.17) is 4.74 Å².